The van der Waals surface area contributed by atoms with E-state index in [1.165, 1.54) is 0 Å². The number of amides is 1. The first kappa shape index (κ1) is 12.8. The van der Waals surface area contributed by atoms with Gasteiger partial charge in [-0.05, 0) is 11.0 Å². The van der Waals surface area contributed by atoms with Crippen LogP contribution in [-0.2, 0) is 11.2 Å². The lowest BCUT2D eigenvalue weighted by Crippen LogP contribution is -2.35. The second-order valence-electron chi connectivity index (χ2n) is 5.47. The fourth-order valence-corrected chi connectivity index (χ4v) is 1.71. The van der Waals surface area contributed by atoms with Crippen molar-refractivity contribution in [1.29, 1.82) is 0 Å². The van der Waals surface area contributed by atoms with Crippen LogP contribution in [0.15, 0.2) is 30.3 Å². The molecule has 0 atom stereocenters. The maximum absolute atomic E-state index is 11.9. The van der Waals surface area contributed by atoms with Crippen molar-refractivity contribution in [3.63, 3.8) is 0 Å². The number of carbonyl (C=O) groups excluding carboxylic acids is 1. The minimum atomic E-state index is 0.154. The van der Waals surface area contributed by atoms with Crippen LogP contribution in [-0.4, -0.2) is 24.4 Å². The molecular weight excluding hydrogens is 198 g/mol. The van der Waals surface area contributed by atoms with Crippen molar-refractivity contribution in [3.8, 4) is 0 Å². The Kier molecular flexibility index (Phi) is 4.11. The molecule has 0 saturated heterocycles. The summed E-state index contributed by atoms with van der Waals surface area (Å²) in [6.45, 7) is 7.20. The Labute approximate surface area is 98.3 Å². The van der Waals surface area contributed by atoms with Crippen molar-refractivity contribution < 1.29 is 4.79 Å². The van der Waals surface area contributed by atoms with E-state index in [2.05, 4.69) is 20.8 Å². The zero-order valence-corrected chi connectivity index (χ0v) is 10.7. The van der Waals surface area contributed by atoms with E-state index >= 15 is 0 Å². The molecule has 0 saturated carbocycles. The van der Waals surface area contributed by atoms with Crippen LogP contribution < -0.4 is 0 Å². The summed E-state index contributed by atoms with van der Waals surface area (Å²) in [6.07, 6.45) is 0.493. The summed E-state index contributed by atoms with van der Waals surface area (Å²) in [4.78, 5) is 13.7. The minimum absolute atomic E-state index is 0.154. The van der Waals surface area contributed by atoms with Gasteiger partial charge in [0.2, 0.25) is 5.91 Å². The lowest BCUT2D eigenvalue weighted by molar-refractivity contribution is -0.130. The topological polar surface area (TPSA) is 20.3 Å². The number of hydrogen-bond acceptors (Lipinski definition) is 1. The quantitative estimate of drug-likeness (QED) is 0.765. The molecule has 0 bridgehead atoms. The van der Waals surface area contributed by atoms with Crippen LogP contribution in [0.3, 0.4) is 0 Å². The molecule has 1 rings (SSSR count). The summed E-state index contributed by atoms with van der Waals surface area (Å²) in [5.74, 6) is 0.182. The number of likely N-dealkylation sites (N-methyl/N-ethyl adjacent to an activating group) is 1. The van der Waals surface area contributed by atoms with E-state index < -0.39 is 0 Å². The average Bonchev–Trinajstić information content (AvgIpc) is 2.16. The predicted octanol–water partition coefficient (Wildman–Crippen LogP) is 2.73. The molecule has 0 unspecified atom stereocenters. The minimum Gasteiger partial charge on any atom is -0.345 e. The first-order valence-electron chi connectivity index (χ1n) is 5.66. The zero-order chi connectivity index (χ0) is 12.2. The third kappa shape index (κ3) is 4.47. The Balaban J connectivity index is 2.53. The van der Waals surface area contributed by atoms with Gasteiger partial charge in [0.25, 0.3) is 0 Å². The molecule has 2 heteroatoms. The SMILES string of the molecule is CN(CC(C)(C)C)C(=O)Cc1ccccc1. The van der Waals surface area contributed by atoms with Gasteiger partial charge in [0.15, 0.2) is 0 Å². The van der Waals surface area contributed by atoms with Crippen LogP contribution in [0, 0.1) is 5.41 Å². The van der Waals surface area contributed by atoms with E-state index in [4.69, 9.17) is 0 Å². The fraction of sp³-hybridized carbons (Fsp3) is 0.500. The maximum atomic E-state index is 11.9. The van der Waals surface area contributed by atoms with Gasteiger partial charge in [0.1, 0.15) is 0 Å². The molecule has 88 valence electrons. The Morgan fingerprint density at radius 2 is 1.75 bits per heavy atom. The van der Waals surface area contributed by atoms with Crippen molar-refractivity contribution in [3.05, 3.63) is 35.9 Å². The summed E-state index contributed by atoms with van der Waals surface area (Å²) in [6, 6.07) is 9.87. The second kappa shape index (κ2) is 5.15. The normalized spacial score (nSPS) is 11.2. The summed E-state index contributed by atoms with van der Waals surface area (Å²) in [7, 11) is 1.87. The van der Waals surface area contributed by atoms with Crippen molar-refractivity contribution >= 4 is 5.91 Å². The summed E-state index contributed by atoms with van der Waals surface area (Å²) >= 11 is 0. The van der Waals surface area contributed by atoms with E-state index in [1.54, 1.807) is 0 Å². The molecule has 1 aromatic carbocycles. The summed E-state index contributed by atoms with van der Waals surface area (Å²) in [5.41, 5.74) is 1.23. The molecule has 0 aliphatic carbocycles. The van der Waals surface area contributed by atoms with Crippen LogP contribution in [0.2, 0.25) is 0 Å². The number of rotatable bonds is 3. The van der Waals surface area contributed by atoms with Gasteiger partial charge in [-0.25, -0.2) is 0 Å². The maximum Gasteiger partial charge on any atom is 0.226 e. The number of benzene rings is 1. The van der Waals surface area contributed by atoms with Gasteiger partial charge in [-0.2, -0.15) is 0 Å². The molecule has 1 amide bonds. The molecule has 16 heavy (non-hydrogen) atoms. The van der Waals surface area contributed by atoms with E-state index in [9.17, 15) is 4.79 Å². The van der Waals surface area contributed by atoms with E-state index in [1.807, 2.05) is 42.3 Å². The highest BCUT2D eigenvalue weighted by Gasteiger charge is 2.17. The van der Waals surface area contributed by atoms with Gasteiger partial charge in [-0.3, -0.25) is 4.79 Å². The largest absolute Gasteiger partial charge is 0.345 e. The van der Waals surface area contributed by atoms with Gasteiger partial charge in [0, 0.05) is 13.6 Å². The molecule has 1 aromatic rings. The van der Waals surface area contributed by atoms with Crippen LogP contribution >= 0.6 is 0 Å². The van der Waals surface area contributed by atoms with Gasteiger partial charge in [0.05, 0.1) is 6.42 Å². The molecule has 0 aliphatic rings. The molecule has 0 aromatic heterocycles. The van der Waals surface area contributed by atoms with Crippen LogP contribution in [0.25, 0.3) is 0 Å². The molecule has 2 nitrogen and oxygen atoms in total. The highest BCUT2D eigenvalue weighted by molar-refractivity contribution is 5.78. The highest BCUT2D eigenvalue weighted by Crippen LogP contribution is 2.14. The van der Waals surface area contributed by atoms with Gasteiger partial charge in [-0.1, -0.05) is 51.1 Å². The Hall–Kier alpha value is -1.31. The third-order valence-electron chi connectivity index (χ3n) is 2.34. The van der Waals surface area contributed by atoms with Crippen molar-refractivity contribution in [1.82, 2.24) is 4.90 Å². The first-order valence-corrected chi connectivity index (χ1v) is 5.66. The van der Waals surface area contributed by atoms with E-state index in [0.717, 1.165) is 12.1 Å². The number of hydrogen-bond donors (Lipinski definition) is 0. The molecular formula is C14H21NO. The van der Waals surface area contributed by atoms with Crippen LogP contribution in [0.4, 0.5) is 0 Å². The number of nitrogens with zero attached hydrogens (tertiary/aromatic N) is 1. The van der Waals surface area contributed by atoms with Crippen molar-refractivity contribution in [2.24, 2.45) is 5.41 Å². The molecule has 0 aliphatic heterocycles. The zero-order valence-electron chi connectivity index (χ0n) is 10.7. The molecule has 0 heterocycles. The Morgan fingerprint density at radius 1 is 1.19 bits per heavy atom. The van der Waals surface area contributed by atoms with E-state index in [0.29, 0.717) is 6.42 Å². The van der Waals surface area contributed by atoms with Crippen molar-refractivity contribution in [2.45, 2.75) is 27.2 Å². The van der Waals surface area contributed by atoms with Gasteiger partial charge in [-0.15, -0.1) is 0 Å². The monoisotopic (exact) mass is 219 g/mol. The second-order valence-corrected chi connectivity index (χ2v) is 5.47. The average molecular weight is 219 g/mol. The summed E-state index contributed by atoms with van der Waals surface area (Å²) in [5, 5.41) is 0. The van der Waals surface area contributed by atoms with E-state index in [-0.39, 0.29) is 11.3 Å². The third-order valence-corrected chi connectivity index (χ3v) is 2.34. The summed E-state index contributed by atoms with van der Waals surface area (Å²) < 4.78 is 0. The standard InChI is InChI=1S/C14H21NO/c1-14(2,3)11-15(4)13(16)10-12-8-6-5-7-9-12/h5-9H,10-11H2,1-4H3. The lowest BCUT2D eigenvalue weighted by Gasteiger charge is -2.26. The highest BCUT2D eigenvalue weighted by atomic mass is 16.2. The smallest absolute Gasteiger partial charge is 0.226 e. The molecule has 0 radical (unpaired) electrons. The predicted molar refractivity (Wildman–Crippen MR) is 67.2 cm³/mol. The Morgan fingerprint density at radius 3 is 2.25 bits per heavy atom. The number of carbonyl (C=O) groups is 1. The van der Waals surface area contributed by atoms with Crippen molar-refractivity contribution in [2.75, 3.05) is 13.6 Å². The Bertz CT molecular complexity index is 338. The fourth-order valence-electron chi connectivity index (χ4n) is 1.71. The van der Waals surface area contributed by atoms with Crippen LogP contribution in [0.5, 0.6) is 0 Å². The van der Waals surface area contributed by atoms with Gasteiger partial charge >= 0.3 is 0 Å². The molecule has 0 N–H and O–H groups in total. The van der Waals surface area contributed by atoms with Crippen LogP contribution in [0.1, 0.15) is 26.3 Å². The molecule has 0 fully saturated rings. The van der Waals surface area contributed by atoms with Gasteiger partial charge < -0.3 is 4.90 Å². The first-order chi connectivity index (χ1) is 7.38. The molecule has 0 spiro atoms. The lowest BCUT2D eigenvalue weighted by atomic mass is 9.96.